The number of likely N-dealkylation sites (tertiary alicyclic amines) is 1. The maximum absolute atomic E-state index is 12.3. The lowest BCUT2D eigenvalue weighted by atomic mass is 10.1. The van der Waals surface area contributed by atoms with Crippen LogP contribution in [0.1, 0.15) is 28.8 Å². The third-order valence-corrected chi connectivity index (χ3v) is 5.09. The van der Waals surface area contributed by atoms with Gasteiger partial charge in [-0.05, 0) is 40.6 Å². The molecule has 152 valence electrons. The van der Waals surface area contributed by atoms with Gasteiger partial charge in [0.05, 0.1) is 13.1 Å². The summed E-state index contributed by atoms with van der Waals surface area (Å²) in [6.45, 7) is 0.991. The van der Waals surface area contributed by atoms with Crippen molar-refractivity contribution in [3.05, 3.63) is 77.9 Å². The zero-order valence-electron chi connectivity index (χ0n) is 16.5. The van der Waals surface area contributed by atoms with Gasteiger partial charge in [0.1, 0.15) is 12.4 Å². The van der Waals surface area contributed by atoms with Gasteiger partial charge >= 0.3 is 0 Å². The van der Waals surface area contributed by atoms with E-state index in [-0.39, 0.29) is 37.1 Å². The second-order valence-electron chi connectivity index (χ2n) is 7.18. The quantitative estimate of drug-likeness (QED) is 0.486. The van der Waals surface area contributed by atoms with Crippen molar-refractivity contribution in [1.82, 2.24) is 10.2 Å². The molecule has 3 amide bonds. The first-order valence-electron chi connectivity index (χ1n) is 9.92. The lowest BCUT2D eigenvalue weighted by Crippen LogP contribution is -2.29. The monoisotopic (exact) mass is 402 g/mol. The summed E-state index contributed by atoms with van der Waals surface area (Å²) >= 11 is 0. The second kappa shape index (κ2) is 8.78. The van der Waals surface area contributed by atoms with E-state index in [1.54, 1.807) is 24.3 Å². The van der Waals surface area contributed by atoms with Crippen LogP contribution >= 0.6 is 0 Å². The number of imide groups is 1. The molecule has 3 aromatic carbocycles. The topological polar surface area (TPSA) is 75.7 Å². The van der Waals surface area contributed by atoms with E-state index in [0.717, 1.165) is 22.1 Å². The summed E-state index contributed by atoms with van der Waals surface area (Å²) in [6, 6.07) is 20.9. The molecule has 1 aliphatic heterocycles. The summed E-state index contributed by atoms with van der Waals surface area (Å²) in [5.41, 5.74) is 1.33. The average molecular weight is 402 g/mol. The molecule has 6 nitrogen and oxygen atoms in total. The van der Waals surface area contributed by atoms with Crippen LogP contribution in [-0.4, -0.2) is 35.8 Å². The Morgan fingerprint density at radius 3 is 2.33 bits per heavy atom. The van der Waals surface area contributed by atoms with E-state index in [1.165, 1.54) is 4.90 Å². The molecule has 30 heavy (non-hydrogen) atoms. The van der Waals surface area contributed by atoms with E-state index >= 15 is 0 Å². The molecule has 0 spiro atoms. The van der Waals surface area contributed by atoms with Gasteiger partial charge in [0.2, 0.25) is 11.8 Å². The zero-order valence-corrected chi connectivity index (χ0v) is 16.5. The van der Waals surface area contributed by atoms with E-state index in [0.29, 0.717) is 18.7 Å². The second-order valence-corrected chi connectivity index (χ2v) is 7.18. The lowest BCUT2D eigenvalue weighted by Gasteiger charge is -2.14. The number of benzene rings is 3. The van der Waals surface area contributed by atoms with Crippen LogP contribution in [0.3, 0.4) is 0 Å². The van der Waals surface area contributed by atoms with Crippen molar-refractivity contribution in [2.75, 3.05) is 13.2 Å². The summed E-state index contributed by atoms with van der Waals surface area (Å²) < 4.78 is 5.73. The number of hydrogen-bond acceptors (Lipinski definition) is 4. The van der Waals surface area contributed by atoms with Gasteiger partial charge in [0, 0.05) is 18.4 Å². The fourth-order valence-electron chi connectivity index (χ4n) is 3.44. The Morgan fingerprint density at radius 1 is 0.900 bits per heavy atom. The van der Waals surface area contributed by atoms with Crippen LogP contribution in [0.5, 0.6) is 5.75 Å². The Morgan fingerprint density at radius 2 is 1.60 bits per heavy atom. The van der Waals surface area contributed by atoms with Gasteiger partial charge in [0.15, 0.2) is 0 Å². The van der Waals surface area contributed by atoms with Crippen LogP contribution in [0.25, 0.3) is 10.8 Å². The standard InChI is InChI=1S/C24H22N2O4/c27-22-11-12-23(28)26(22)16-17-5-7-19(8-6-17)24(29)25-13-14-30-21-10-9-18-3-1-2-4-20(18)15-21/h1-10,15H,11-14,16H2,(H,25,29). The van der Waals surface area contributed by atoms with Gasteiger partial charge in [0.25, 0.3) is 5.91 Å². The molecule has 0 aromatic heterocycles. The van der Waals surface area contributed by atoms with Crippen LogP contribution in [0.4, 0.5) is 0 Å². The van der Waals surface area contributed by atoms with E-state index in [2.05, 4.69) is 5.32 Å². The summed E-state index contributed by atoms with van der Waals surface area (Å²) in [6.07, 6.45) is 0.557. The molecule has 1 N–H and O–H groups in total. The first-order valence-corrected chi connectivity index (χ1v) is 9.92. The number of nitrogens with zero attached hydrogens (tertiary/aromatic N) is 1. The van der Waals surface area contributed by atoms with E-state index in [9.17, 15) is 14.4 Å². The summed E-state index contributed by atoms with van der Waals surface area (Å²) in [4.78, 5) is 37.0. The Kier molecular flexibility index (Phi) is 5.75. The molecule has 0 bridgehead atoms. The Labute approximate surface area is 174 Å². The number of rotatable bonds is 7. The van der Waals surface area contributed by atoms with Crippen molar-refractivity contribution in [1.29, 1.82) is 0 Å². The van der Waals surface area contributed by atoms with Crippen molar-refractivity contribution < 1.29 is 19.1 Å². The number of carbonyl (C=O) groups excluding carboxylic acids is 3. The molecule has 0 radical (unpaired) electrons. The average Bonchev–Trinajstić information content (AvgIpc) is 3.09. The Hall–Kier alpha value is -3.67. The van der Waals surface area contributed by atoms with Crippen molar-refractivity contribution in [3.63, 3.8) is 0 Å². The van der Waals surface area contributed by atoms with Crippen LogP contribution in [0.2, 0.25) is 0 Å². The number of nitrogens with one attached hydrogen (secondary N) is 1. The van der Waals surface area contributed by atoms with Crippen LogP contribution < -0.4 is 10.1 Å². The minimum absolute atomic E-state index is 0.145. The van der Waals surface area contributed by atoms with Gasteiger partial charge < -0.3 is 10.1 Å². The molecule has 6 heteroatoms. The largest absolute Gasteiger partial charge is 0.492 e. The van der Waals surface area contributed by atoms with Gasteiger partial charge in [-0.15, -0.1) is 0 Å². The van der Waals surface area contributed by atoms with Crippen LogP contribution in [0.15, 0.2) is 66.7 Å². The molecular weight excluding hydrogens is 380 g/mol. The normalized spacial score (nSPS) is 13.7. The molecule has 0 aliphatic carbocycles. The maximum atomic E-state index is 12.3. The van der Waals surface area contributed by atoms with Crippen molar-refractivity contribution in [2.45, 2.75) is 19.4 Å². The van der Waals surface area contributed by atoms with Gasteiger partial charge in [-0.1, -0.05) is 42.5 Å². The van der Waals surface area contributed by atoms with Crippen LogP contribution in [0, 0.1) is 0 Å². The zero-order chi connectivity index (χ0) is 20.9. The predicted octanol–water partition coefficient (Wildman–Crippen LogP) is 3.30. The van der Waals surface area contributed by atoms with E-state index < -0.39 is 0 Å². The molecule has 1 saturated heterocycles. The summed E-state index contributed by atoms with van der Waals surface area (Å²) in [5, 5.41) is 5.09. The van der Waals surface area contributed by atoms with E-state index in [4.69, 9.17) is 4.74 Å². The highest BCUT2D eigenvalue weighted by Crippen LogP contribution is 2.20. The summed E-state index contributed by atoms with van der Waals surface area (Å²) in [7, 11) is 0. The number of hydrogen-bond donors (Lipinski definition) is 1. The first kappa shape index (κ1) is 19.6. The highest BCUT2D eigenvalue weighted by Gasteiger charge is 2.28. The Balaban J connectivity index is 1.25. The number of fused-ring (bicyclic) bond motifs is 1. The van der Waals surface area contributed by atoms with Gasteiger partial charge in [-0.25, -0.2) is 0 Å². The lowest BCUT2D eigenvalue weighted by molar-refractivity contribution is -0.139. The molecule has 0 atom stereocenters. The fraction of sp³-hybridized carbons (Fsp3) is 0.208. The van der Waals surface area contributed by atoms with Crippen molar-refractivity contribution >= 4 is 28.5 Å². The molecule has 4 rings (SSSR count). The third-order valence-electron chi connectivity index (χ3n) is 5.09. The molecule has 0 unspecified atom stereocenters. The minimum Gasteiger partial charge on any atom is -0.492 e. The Bertz CT molecular complexity index is 1080. The highest BCUT2D eigenvalue weighted by atomic mass is 16.5. The minimum atomic E-state index is -0.197. The maximum Gasteiger partial charge on any atom is 0.251 e. The molecule has 1 aliphatic rings. The smallest absolute Gasteiger partial charge is 0.251 e. The fourth-order valence-corrected chi connectivity index (χ4v) is 3.44. The molecule has 3 aromatic rings. The van der Waals surface area contributed by atoms with Gasteiger partial charge in [-0.3, -0.25) is 19.3 Å². The number of carbonyl (C=O) groups is 3. The van der Waals surface area contributed by atoms with E-state index in [1.807, 2.05) is 42.5 Å². The SMILES string of the molecule is O=C(NCCOc1ccc2ccccc2c1)c1ccc(CN2C(=O)CCC2=O)cc1. The van der Waals surface area contributed by atoms with Crippen molar-refractivity contribution in [2.24, 2.45) is 0 Å². The van der Waals surface area contributed by atoms with Gasteiger partial charge in [-0.2, -0.15) is 0 Å². The first-order chi connectivity index (χ1) is 14.6. The molecular formula is C24H22N2O4. The summed E-state index contributed by atoms with van der Waals surface area (Å²) in [5.74, 6) is 0.275. The molecule has 1 fully saturated rings. The number of ether oxygens (including phenoxy) is 1. The third kappa shape index (κ3) is 4.49. The molecule has 0 saturated carbocycles. The highest BCUT2D eigenvalue weighted by molar-refractivity contribution is 6.01. The molecule has 1 heterocycles. The number of amides is 3. The van der Waals surface area contributed by atoms with Crippen molar-refractivity contribution in [3.8, 4) is 5.75 Å². The predicted molar refractivity (Wildman–Crippen MR) is 113 cm³/mol. The van der Waals surface area contributed by atoms with Crippen LogP contribution in [-0.2, 0) is 16.1 Å².